The van der Waals surface area contributed by atoms with Gasteiger partial charge in [-0.05, 0) is 25.0 Å². The highest BCUT2D eigenvalue weighted by Gasteiger charge is 2.04. The first-order chi connectivity index (χ1) is 6.13. The van der Waals surface area contributed by atoms with E-state index in [2.05, 4.69) is 10.8 Å². The summed E-state index contributed by atoms with van der Waals surface area (Å²) in [5.74, 6) is -0.188. The number of carbonyl (C=O) groups is 1. The Labute approximate surface area is 78.5 Å². The summed E-state index contributed by atoms with van der Waals surface area (Å²) in [4.78, 5) is 11.0. The average molecular weight is 178 g/mol. The third kappa shape index (κ3) is 2.58. The molecule has 0 radical (unpaired) electrons. The van der Waals surface area contributed by atoms with Gasteiger partial charge in [0.15, 0.2) is 0 Å². The van der Waals surface area contributed by atoms with Crippen LogP contribution in [-0.4, -0.2) is 13.1 Å². The van der Waals surface area contributed by atoms with E-state index >= 15 is 0 Å². The zero-order valence-electron chi connectivity index (χ0n) is 8.26. The molecular weight excluding hydrogens is 164 g/mol. The lowest BCUT2D eigenvalue weighted by atomic mass is 10.0. The van der Waals surface area contributed by atoms with E-state index in [0.717, 1.165) is 11.1 Å². The largest absolute Gasteiger partial charge is 0.469 e. The lowest BCUT2D eigenvalue weighted by molar-refractivity contribution is -0.139. The van der Waals surface area contributed by atoms with E-state index in [1.807, 2.05) is 26.0 Å². The van der Waals surface area contributed by atoms with Crippen LogP contribution in [0.4, 0.5) is 0 Å². The average Bonchev–Trinajstić information content (AvgIpc) is 2.09. The van der Waals surface area contributed by atoms with Gasteiger partial charge < -0.3 is 4.74 Å². The molecule has 13 heavy (non-hydrogen) atoms. The zero-order valence-corrected chi connectivity index (χ0v) is 8.26. The molecule has 0 saturated heterocycles. The van der Waals surface area contributed by atoms with Crippen molar-refractivity contribution < 1.29 is 9.53 Å². The Hall–Kier alpha value is -1.31. The van der Waals surface area contributed by atoms with Crippen LogP contribution in [0.3, 0.4) is 0 Å². The molecule has 0 aliphatic heterocycles. The fourth-order valence-corrected chi connectivity index (χ4v) is 1.27. The van der Waals surface area contributed by atoms with Crippen molar-refractivity contribution in [1.29, 1.82) is 0 Å². The number of ether oxygens (including phenoxy) is 1. The molecule has 1 rings (SSSR count). The molecule has 0 aromatic heterocycles. The van der Waals surface area contributed by atoms with Crippen molar-refractivity contribution in [2.75, 3.05) is 7.11 Å². The summed E-state index contributed by atoms with van der Waals surface area (Å²) in [6.07, 6.45) is 0.364. The summed E-state index contributed by atoms with van der Waals surface area (Å²) in [7, 11) is 1.41. The second-order valence-corrected chi connectivity index (χ2v) is 3.18. The summed E-state index contributed by atoms with van der Waals surface area (Å²) < 4.78 is 4.60. The van der Waals surface area contributed by atoms with E-state index in [1.54, 1.807) is 0 Å². The van der Waals surface area contributed by atoms with Crippen molar-refractivity contribution in [3.8, 4) is 0 Å². The Morgan fingerprint density at radius 3 is 2.62 bits per heavy atom. The van der Waals surface area contributed by atoms with Crippen molar-refractivity contribution in [3.05, 3.63) is 34.9 Å². The lowest BCUT2D eigenvalue weighted by Crippen LogP contribution is -2.05. The Balaban J connectivity index is 2.83. The first-order valence-electron chi connectivity index (χ1n) is 4.26. The fraction of sp³-hybridized carbons (Fsp3) is 0.364. The molecule has 0 fully saturated rings. The highest BCUT2D eigenvalue weighted by molar-refractivity contribution is 5.72. The molecule has 0 saturated carbocycles. The maximum Gasteiger partial charge on any atom is 0.309 e. The number of rotatable bonds is 2. The molecule has 70 valence electrons. The number of methoxy groups -OCH3 is 1. The van der Waals surface area contributed by atoms with Gasteiger partial charge in [-0.2, -0.15) is 0 Å². The molecule has 1 aromatic rings. The minimum atomic E-state index is -0.188. The van der Waals surface area contributed by atoms with Crippen molar-refractivity contribution in [2.24, 2.45) is 0 Å². The van der Waals surface area contributed by atoms with Crippen molar-refractivity contribution in [1.82, 2.24) is 0 Å². The van der Waals surface area contributed by atoms with E-state index in [4.69, 9.17) is 0 Å². The molecule has 0 aliphatic carbocycles. The van der Waals surface area contributed by atoms with Crippen molar-refractivity contribution in [3.63, 3.8) is 0 Å². The standard InChI is InChI=1S/C11H14O2/c1-8-4-5-10(9(2)6-8)7-11(12)13-3/h4-6H,7H2,1-3H3. The van der Waals surface area contributed by atoms with Crippen LogP contribution in [0.5, 0.6) is 0 Å². The summed E-state index contributed by atoms with van der Waals surface area (Å²) >= 11 is 0. The highest BCUT2D eigenvalue weighted by atomic mass is 16.5. The normalized spacial score (nSPS) is 9.77. The second kappa shape index (κ2) is 4.08. The Bertz CT molecular complexity index is 316. The van der Waals surface area contributed by atoms with Gasteiger partial charge in [0.2, 0.25) is 0 Å². The van der Waals surface area contributed by atoms with Gasteiger partial charge in [-0.25, -0.2) is 0 Å². The molecule has 0 unspecified atom stereocenters. The first kappa shape index (κ1) is 9.78. The van der Waals surface area contributed by atoms with E-state index < -0.39 is 0 Å². The number of hydrogen-bond donors (Lipinski definition) is 0. The zero-order chi connectivity index (χ0) is 9.84. The molecule has 2 heteroatoms. The Kier molecular flexibility index (Phi) is 3.07. The van der Waals surface area contributed by atoms with Crippen LogP contribution in [0.1, 0.15) is 16.7 Å². The van der Waals surface area contributed by atoms with Gasteiger partial charge in [-0.3, -0.25) is 4.79 Å². The predicted octanol–water partition coefficient (Wildman–Crippen LogP) is 2.02. The highest BCUT2D eigenvalue weighted by Crippen LogP contribution is 2.11. The number of hydrogen-bond acceptors (Lipinski definition) is 2. The minimum Gasteiger partial charge on any atom is -0.469 e. The summed E-state index contributed by atoms with van der Waals surface area (Å²) in [6, 6.07) is 6.05. The van der Waals surface area contributed by atoms with Gasteiger partial charge in [0.25, 0.3) is 0 Å². The minimum absolute atomic E-state index is 0.188. The van der Waals surface area contributed by atoms with Crippen LogP contribution in [0, 0.1) is 13.8 Å². The lowest BCUT2D eigenvalue weighted by Gasteiger charge is -2.04. The van der Waals surface area contributed by atoms with Crippen LogP contribution in [-0.2, 0) is 16.0 Å². The van der Waals surface area contributed by atoms with Gasteiger partial charge in [-0.1, -0.05) is 23.8 Å². The molecule has 0 aliphatic rings. The smallest absolute Gasteiger partial charge is 0.309 e. The van der Waals surface area contributed by atoms with Gasteiger partial charge >= 0.3 is 5.97 Å². The second-order valence-electron chi connectivity index (χ2n) is 3.18. The Morgan fingerprint density at radius 1 is 1.38 bits per heavy atom. The van der Waals surface area contributed by atoms with E-state index in [0.29, 0.717) is 6.42 Å². The summed E-state index contributed by atoms with van der Waals surface area (Å²) in [5, 5.41) is 0. The van der Waals surface area contributed by atoms with Gasteiger partial charge in [-0.15, -0.1) is 0 Å². The predicted molar refractivity (Wildman–Crippen MR) is 51.6 cm³/mol. The quantitative estimate of drug-likeness (QED) is 0.647. The van der Waals surface area contributed by atoms with Gasteiger partial charge in [0.1, 0.15) is 0 Å². The Morgan fingerprint density at radius 2 is 2.08 bits per heavy atom. The van der Waals surface area contributed by atoms with Crippen molar-refractivity contribution >= 4 is 5.97 Å². The third-order valence-corrected chi connectivity index (χ3v) is 2.06. The van der Waals surface area contributed by atoms with Crippen LogP contribution in [0.2, 0.25) is 0 Å². The number of benzene rings is 1. The van der Waals surface area contributed by atoms with Gasteiger partial charge in [0, 0.05) is 0 Å². The van der Waals surface area contributed by atoms with Crippen molar-refractivity contribution in [2.45, 2.75) is 20.3 Å². The summed E-state index contributed by atoms with van der Waals surface area (Å²) in [6.45, 7) is 4.04. The molecule has 2 nitrogen and oxygen atoms in total. The van der Waals surface area contributed by atoms with Crippen LogP contribution < -0.4 is 0 Å². The molecule has 1 aromatic carbocycles. The first-order valence-corrected chi connectivity index (χ1v) is 4.26. The molecular formula is C11H14O2. The maximum absolute atomic E-state index is 11.0. The molecule has 0 bridgehead atoms. The van der Waals surface area contributed by atoms with Gasteiger partial charge in [0.05, 0.1) is 13.5 Å². The summed E-state index contributed by atoms with van der Waals surface area (Å²) in [5.41, 5.74) is 3.40. The molecule has 0 atom stereocenters. The number of esters is 1. The number of aryl methyl sites for hydroxylation is 2. The van der Waals surface area contributed by atoms with Crippen LogP contribution in [0.15, 0.2) is 18.2 Å². The topological polar surface area (TPSA) is 26.3 Å². The van der Waals surface area contributed by atoms with Crippen LogP contribution in [0.25, 0.3) is 0 Å². The molecule has 0 N–H and O–H groups in total. The number of carbonyl (C=O) groups excluding carboxylic acids is 1. The van der Waals surface area contributed by atoms with E-state index in [9.17, 15) is 4.79 Å². The van der Waals surface area contributed by atoms with Crippen LogP contribution >= 0.6 is 0 Å². The molecule has 0 heterocycles. The van der Waals surface area contributed by atoms with E-state index in [1.165, 1.54) is 12.7 Å². The van der Waals surface area contributed by atoms with E-state index in [-0.39, 0.29) is 5.97 Å². The monoisotopic (exact) mass is 178 g/mol. The molecule has 0 spiro atoms. The fourth-order valence-electron chi connectivity index (χ4n) is 1.27. The molecule has 0 amide bonds. The maximum atomic E-state index is 11.0. The SMILES string of the molecule is COC(=O)Cc1ccc(C)cc1C. The third-order valence-electron chi connectivity index (χ3n) is 2.06.